The number of rotatable bonds is 4. The summed E-state index contributed by atoms with van der Waals surface area (Å²) in [5, 5.41) is 3.49. The Labute approximate surface area is 125 Å². The lowest BCUT2D eigenvalue weighted by Crippen LogP contribution is -2.45. The van der Waals surface area contributed by atoms with E-state index in [9.17, 15) is 0 Å². The molecule has 1 N–H and O–H groups in total. The molecule has 1 aromatic heterocycles. The fourth-order valence-corrected chi connectivity index (χ4v) is 2.83. The molecule has 4 heteroatoms. The Kier molecular flexibility index (Phi) is 4.48. The normalized spacial score (nSPS) is 19.4. The van der Waals surface area contributed by atoms with Crippen LogP contribution >= 0.6 is 0 Å². The molecule has 1 saturated heterocycles. The highest BCUT2D eigenvalue weighted by Crippen LogP contribution is 2.24. The van der Waals surface area contributed by atoms with Crippen molar-refractivity contribution in [2.24, 2.45) is 0 Å². The lowest BCUT2D eigenvalue weighted by molar-refractivity contribution is 0.153. The number of ether oxygens (including phenoxy) is 1. The first-order valence-corrected chi connectivity index (χ1v) is 7.35. The number of nitrogens with one attached hydrogen (secondary N) is 1. The quantitative estimate of drug-likeness (QED) is 0.934. The predicted molar refractivity (Wildman–Crippen MR) is 83.3 cm³/mol. The Bertz CT molecular complexity index is 573. The van der Waals surface area contributed by atoms with E-state index >= 15 is 0 Å². The van der Waals surface area contributed by atoms with Crippen molar-refractivity contribution in [1.29, 1.82) is 0 Å². The number of benzene rings is 1. The van der Waals surface area contributed by atoms with Crippen LogP contribution in [0.25, 0.3) is 0 Å². The van der Waals surface area contributed by atoms with Crippen molar-refractivity contribution in [1.82, 2.24) is 15.2 Å². The first-order chi connectivity index (χ1) is 10.4. The van der Waals surface area contributed by atoms with Gasteiger partial charge in [0, 0.05) is 44.5 Å². The number of hydrogen-bond donors (Lipinski definition) is 1. The summed E-state index contributed by atoms with van der Waals surface area (Å²) < 4.78 is 5.21. The van der Waals surface area contributed by atoms with E-state index < -0.39 is 0 Å². The molecule has 4 nitrogen and oxygen atoms in total. The number of aromatic nitrogens is 1. The second kappa shape index (κ2) is 6.70. The monoisotopic (exact) mass is 283 g/mol. The van der Waals surface area contributed by atoms with Crippen LogP contribution in [-0.4, -0.2) is 36.6 Å². The Morgan fingerprint density at radius 3 is 2.95 bits per heavy atom. The number of methoxy groups -OCH3 is 1. The van der Waals surface area contributed by atoms with Gasteiger partial charge in [-0.25, -0.2) is 4.98 Å². The summed E-state index contributed by atoms with van der Waals surface area (Å²) in [5.41, 5.74) is 2.61. The van der Waals surface area contributed by atoms with Gasteiger partial charge in [-0.15, -0.1) is 0 Å². The van der Waals surface area contributed by atoms with Crippen LogP contribution in [0, 0.1) is 0 Å². The standard InChI is InChI=1S/C17H21N3O/c1-21-17-11-14(7-8-19-17)13-20-10-9-18-12-16(20)15-5-3-2-4-6-15/h2-8,11,16,18H,9-10,12-13H2,1H3. The van der Waals surface area contributed by atoms with Gasteiger partial charge in [0.05, 0.1) is 7.11 Å². The van der Waals surface area contributed by atoms with Gasteiger partial charge in [0.1, 0.15) is 0 Å². The highest BCUT2D eigenvalue weighted by Gasteiger charge is 2.23. The zero-order chi connectivity index (χ0) is 14.5. The third-order valence-electron chi connectivity index (χ3n) is 3.93. The second-order valence-electron chi connectivity index (χ2n) is 5.31. The number of nitrogens with zero attached hydrogens (tertiary/aromatic N) is 2. The van der Waals surface area contributed by atoms with E-state index in [1.54, 1.807) is 7.11 Å². The SMILES string of the molecule is COc1cc(CN2CCNCC2c2ccccc2)ccn1. The van der Waals surface area contributed by atoms with Gasteiger partial charge in [-0.3, -0.25) is 4.90 Å². The summed E-state index contributed by atoms with van der Waals surface area (Å²) in [5.74, 6) is 0.680. The van der Waals surface area contributed by atoms with Gasteiger partial charge < -0.3 is 10.1 Å². The van der Waals surface area contributed by atoms with Crippen molar-refractivity contribution < 1.29 is 4.74 Å². The molecule has 0 saturated carbocycles. The van der Waals surface area contributed by atoms with Crippen LogP contribution in [-0.2, 0) is 6.54 Å². The predicted octanol–water partition coefficient (Wildman–Crippen LogP) is 2.24. The summed E-state index contributed by atoms with van der Waals surface area (Å²) in [7, 11) is 1.66. The van der Waals surface area contributed by atoms with Crippen molar-refractivity contribution in [2.45, 2.75) is 12.6 Å². The second-order valence-corrected chi connectivity index (χ2v) is 5.31. The molecule has 110 valence electrons. The Balaban J connectivity index is 1.78. The van der Waals surface area contributed by atoms with E-state index in [0.717, 1.165) is 26.2 Å². The molecule has 0 amide bonds. The molecule has 0 aliphatic carbocycles. The molecule has 1 aromatic carbocycles. The first kappa shape index (κ1) is 14.0. The third kappa shape index (κ3) is 3.40. The van der Waals surface area contributed by atoms with Gasteiger partial charge in [-0.05, 0) is 17.2 Å². The lowest BCUT2D eigenvalue weighted by Gasteiger charge is -2.36. The Morgan fingerprint density at radius 2 is 2.14 bits per heavy atom. The molecule has 1 aliphatic heterocycles. The molecule has 2 heterocycles. The van der Waals surface area contributed by atoms with Gasteiger partial charge >= 0.3 is 0 Å². The van der Waals surface area contributed by atoms with Crippen LogP contribution in [0.2, 0.25) is 0 Å². The van der Waals surface area contributed by atoms with Crippen LogP contribution in [0.15, 0.2) is 48.7 Å². The highest BCUT2D eigenvalue weighted by molar-refractivity contribution is 5.23. The molecule has 3 rings (SSSR count). The van der Waals surface area contributed by atoms with Crippen LogP contribution in [0.1, 0.15) is 17.2 Å². The van der Waals surface area contributed by atoms with E-state index in [4.69, 9.17) is 4.74 Å². The minimum absolute atomic E-state index is 0.416. The van der Waals surface area contributed by atoms with Crippen LogP contribution in [0.3, 0.4) is 0 Å². The molecular weight excluding hydrogens is 262 g/mol. The zero-order valence-corrected chi connectivity index (χ0v) is 12.3. The van der Waals surface area contributed by atoms with E-state index in [1.807, 2.05) is 12.3 Å². The highest BCUT2D eigenvalue weighted by atomic mass is 16.5. The first-order valence-electron chi connectivity index (χ1n) is 7.35. The minimum Gasteiger partial charge on any atom is -0.481 e. The Morgan fingerprint density at radius 1 is 1.29 bits per heavy atom. The maximum absolute atomic E-state index is 5.21. The van der Waals surface area contributed by atoms with E-state index in [1.165, 1.54) is 11.1 Å². The molecule has 1 aliphatic rings. The van der Waals surface area contributed by atoms with Crippen LogP contribution in [0.5, 0.6) is 5.88 Å². The zero-order valence-electron chi connectivity index (χ0n) is 12.3. The maximum atomic E-state index is 5.21. The molecule has 0 bridgehead atoms. The molecule has 1 fully saturated rings. The molecule has 1 unspecified atom stereocenters. The van der Waals surface area contributed by atoms with E-state index in [0.29, 0.717) is 11.9 Å². The Hall–Kier alpha value is -1.91. The molecule has 0 radical (unpaired) electrons. The largest absolute Gasteiger partial charge is 0.481 e. The maximum Gasteiger partial charge on any atom is 0.213 e. The summed E-state index contributed by atoms with van der Waals surface area (Å²) in [6.07, 6.45) is 1.81. The van der Waals surface area contributed by atoms with Crippen molar-refractivity contribution >= 4 is 0 Å². The third-order valence-corrected chi connectivity index (χ3v) is 3.93. The topological polar surface area (TPSA) is 37.4 Å². The average molecular weight is 283 g/mol. The van der Waals surface area contributed by atoms with Crippen LogP contribution < -0.4 is 10.1 Å². The number of hydrogen-bond acceptors (Lipinski definition) is 4. The van der Waals surface area contributed by atoms with Gasteiger partial charge in [0.2, 0.25) is 5.88 Å². The van der Waals surface area contributed by atoms with Crippen LogP contribution in [0.4, 0.5) is 0 Å². The molecule has 21 heavy (non-hydrogen) atoms. The van der Waals surface area contributed by atoms with Gasteiger partial charge in [-0.1, -0.05) is 30.3 Å². The average Bonchev–Trinajstić information content (AvgIpc) is 2.56. The number of pyridine rings is 1. The molecule has 1 atom stereocenters. The molecule has 2 aromatic rings. The van der Waals surface area contributed by atoms with Gasteiger partial charge in [0.25, 0.3) is 0 Å². The van der Waals surface area contributed by atoms with E-state index in [-0.39, 0.29) is 0 Å². The smallest absolute Gasteiger partial charge is 0.213 e. The van der Waals surface area contributed by atoms with E-state index in [2.05, 4.69) is 51.6 Å². The molecular formula is C17H21N3O. The van der Waals surface area contributed by atoms with Crippen molar-refractivity contribution in [2.75, 3.05) is 26.7 Å². The van der Waals surface area contributed by atoms with Crippen molar-refractivity contribution in [3.8, 4) is 5.88 Å². The fourth-order valence-electron chi connectivity index (χ4n) is 2.83. The summed E-state index contributed by atoms with van der Waals surface area (Å²) >= 11 is 0. The number of piperazine rings is 1. The molecule has 0 spiro atoms. The summed E-state index contributed by atoms with van der Waals surface area (Å²) in [4.78, 5) is 6.69. The minimum atomic E-state index is 0.416. The van der Waals surface area contributed by atoms with Gasteiger partial charge in [-0.2, -0.15) is 0 Å². The van der Waals surface area contributed by atoms with Crippen molar-refractivity contribution in [3.05, 3.63) is 59.8 Å². The lowest BCUT2D eigenvalue weighted by atomic mass is 10.0. The summed E-state index contributed by atoms with van der Waals surface area (Å²) in [6.45, 7) is 3.99. The van der Waals surface area contributed by atoms with Crippen molar-refractivity contribution in [3.63, 3.8) is 0 Å². The van der Waals surface area contributed by atoms with Gasteiger partial charge in [0.15, 0.2) is 0 Å². The fraction of sp³-hybridized carbons (Fsp3) is 0.353. The summed E-state index contributed by atoms with van der Waals surface area (Å²) in [6, 6.07) is 15.2.